The Balaban J connectivity index is 2.32. The highest BCUT2D eigenvalue weighted by Gasteiger charge is 2.27. The second-order valence-electron chi connectivity index (χ2n) is 4.72. The standard InChI is InChI=1S/C14H12N2O4S/c1-9-5-6-12-11(8-9)10(2)14(20-12)21(18,19)16-13(17)4-3-7-15-16/h3-8H,1-2H3. The molecule has 0 aliphatic carbocycles. The predicted molar refractivity (Wildman–Crippen MR) is 76.8 cm³/mol. The lowest BCUT2D eigenvalue weighted by molar-refractivity contribution is 0.469. The van der Waals surface area contributed by atoms with Crippen LogP contribution in [0.5, 0.6) is 0 Å². The molecule has 2 heterocycles. The molecule has 2 aromatic heterocycles. The number of nitrogens with zero attached hydrogens (tertiary/aromatic N) is 2. The van der Waals surface area contributed by atoms with E-state index in [0.29, 0.717) is 20.6 Å². The lowest BCUT2D eigenvalue weighted by atomic mass is 10.1. The number of hydrogen-bond donors (Lipinski definition) is 0. The monoisotopic (exact) mass is 304 g/mol. The zero-order valence-electron chi connectivity index (χ0n) is 11.4. The Hall–Kier alpha value is -2.41. The molecule has 0 N–H and O–H groups in total. The zero-order valence-corrected chi connectivity index (χ0v) is 12.2. The SMILES string of the molecule is Cc1ccc2oc(S(=O)(=O)n3ncccc3=O)c(C)c2c1. The number of fused-ring (bicyclic) bond motifs is 1. The van der Waals surface area contributed by atoms with Crippen LogP contribution in [0.3, 0.4) is 0 Å². The van der Waals surface area contributed by atoms with Gasteiger partial charge in [-0.1, -0.05) is 11.6 Å². The van der Waals surface area contributed by atoms with Crippen LogP contribution < -0.4 is 5.56 Å². The first-order valence-electron chi connectivity index (χ1n) is 6.21. The van der Waals surface area contributed by atoms with Gasteiger partial charge in [0.2, 0.25) is 5.09 Å². The van der Waals surface area contributed by atoms with Crippen LogP contribution in [0, 0.1) is 13.8 Å². The Morgan fingerprint density at radius 1 is 1.19 bits per heavy atom. The van der Waals surface area contributed by atoms with Crippen LogP contribution in [-0.2, 0) is 10.0 Å². The molecule has 1 aromatic carbocycles. The highest BCUT2D eigenvalue weighted by atomic mass is 32.2. The van der Waals surface area contributed by atoms with E-state index in [9.17, 15) is 13.2 Å². The molecule has 0 radical (unpaired) electrons. The van der Waals surface area contributed by atoms with Crippen LogP contribution in [0.4, 0.5) is 0 Å². The minimum atomic E-state index is -4.15. The lowest BCUT2D eigenvalue weighted by Crippen LogP contribution is -2.28. The van der Waals surface area contributed by atoms with E-state index in [2.05, 4.69) is 5.10 Å². The van der Waals surface area contributed by atoms with Crippen molar-refractivity contribution in [2.45, 2.75) is 18.9 Å². The number of aromatic nitrogens is 2. The predicted octanol–water partition coefficient (Wildman–Crippen LogP) is 1.84. The van der Waals surface area contributed by atoms with Gasteiger partial charge in [0, 0.05) is 23.2 Å². The summed E-state index contributed by atoms with van der Waals surface area (Å²) in [4.78, 5) is 11.7. The molecule has 0 unspecified atom stereocenters. The van der Waals surface area contributed by atoms with Crippen molar-refractivity contribution in [3.63, 3.8) is 0 Å². The molecule has 0 aliphatic heterocycles. The van der Waals surface area contributed by atoms with E-state index in [0.717, 1.165) is 11.6 Å². The maximum atomic E-state index is 12.5. The summed E-state index contributed by atoms with van der Waals surface area (Å²) in [6.45, 7) is 3.55. The summed E-state index contributed by atoms with van der Waals surface area (Å²) in [6.07, 6.45) is 1.24. The van der Waals surface area contributed by atoms with Gasteiger partial charge in [0.05, 0.1) is 0 Å². The van der Waals surface area contributed by atoms with Gasteiger partial charge in [-0.15, -0.1) is 4.09 Å². The van der Waals surface area contributed by atoms with Crippen molar-refractivity contribution in [2.24, 2.45) is 0 Å². The molecule has 0 saturated heterocycles. The van der Waals surface area contributed by atoms with Crippen molar-refractivity contribution in [3.05, 3.63) is 58.0 Å². The maximum absolute atomic E-state index is 12.5. The van der Waals surface area contributed by atoms with E-state index in [1.54, 1.807) is 13.0 Å². The molecular weight excluding hydrogens is 292 g/mol. The molecule has 6 nitrogen and oxygen atoms in total. The van der Waals surface area contributed by atoms with E-state index in [4.69, 9.17) is 4.42 Å². The second-order valence-corrected chi connectivity index (χ2v) is 6.39. The normalized spacial score (nSPS) is 11.9. The zero-order chi connectivity index (χ0) is 15.2. The summed E-state index contributed by atoms with van der Waals surface area (Å²) < 4.78 is 30.9. The molecule has 3 aromatic rings. The van der Waals surface area contributed by atoms with Crippen LogP contribution in [-0.4, -0.2) is 17.6 Å². The fourth-order valence-corrected chi connectivity index (χ4v) is 3.49. The van der Waals surface area contributed by atoms with Gasteiger partial charge < -0.3 is 4.42 Å². The summed E-state index contributed by atoms with van der Waals surface area (Å²) >= 11 is 0. The number of hydrogen-bond acceptors (Lipinski definition) is 5. The first kappa shape index (κ1) is 13.6. The van der Waals surface area contributed by atoms with Crippen LogP contribution in [0.15, 0.2) is 50.8 Å². The molecule has 0 saturated carbocycles. The molecule has 0 spiro atoms. The molecule has 0 amide bonds. The van der Waals surface area contributed by atoms with E-state index in [1.165, 1.54) is 12.3 Å². The van der Waals surface area contributed by atoms with Gasteiger partial charge in [0.25, 0.3) is 5.56 Å². The Morgan fingerprint density at radius 2 is 1.95 bits per heavy atom. The number of furan rings is 1. The molecule has 0 aliphatic rings. The molecular formula is C14H12N2O4S. The van der Waals surface area contributed by atoms with Gasteiger partial charge in [-0.05, 0) is 32.0 Å². The molecule has 21 heavy (non-hydrogen) atoms. The van der Waals surface area contributed by atoms with Gasteiger partial charge in [-0.25, -0.2) is 0 Å². The topological polar surface area (TPSA) is 82.2 Å². The van der Waals surface area contributed by atoms with Crippen molar-refractivity contribution in [2.75, 3.05) is 0 Å². The fraction of sp³-hybridized carbons (Fsp3) is 0.143. The Kier molecular flexibility index (Phi) is 2.94. The minimum absolute atomic E-state index is 0.260. The van der Waals surface area contributed by atoms with Crippen molar-refractivity contribution < 1.29 is 12.8 Å². The Morgan fingerprint density at radius 3 is 2.67 bits per heavy atom. The van der Waals surface area contributed by atoms with Gasteiger partial charge in [0.1, 0.15) is 5.58 Å². The van der Waals surface area contributed by atoms with Gasteiger partial charge in [0.15, 0.2) is 0 Å². The first-order chi connectivity index (χ1) is 9.91. The summed E-state index contributed by atoms with van der Waals surface area (Å²) in [6, 6.07) is 7.89. The summed E-state index contributed by atoms with van der Waals surface area (Å²) in [5, 5.41) is 4.06. The Labute approximate surface area is 120 Å². The number of rotatable bonds is 2. The third-order valence-corrected chi connectivity index (χ3v) is 4.78. The van der Waals surface area contributed by atoms with Crippen molar-refractivity contribution in [1.82, 2.24) is 9.19 Å². The van der Waals surface area contributed by atoms with Gasteiger partial charge >= 0.3 is 10.0 Å². The molecule has 0 bridgehead atoms. The van der Waals surface area contributed by atoms with Crippen LogP contribution in [0.2, 0.25) is 0 Å². The third kappa shape index (κ3) is 2.06. The summed E-state index contributed by atoms with van der Waals surface area (Å²) in [5.41, 5.74) is 1.19. The second kappa shape index (κ2) is 4.56. The largest absolute Gasteiger partial charge is 0.442 e. The van der Waals surface area contributed by atoms with Gasteiger partial charge in [-0.2, -0.15) is 13.5 Å². The summed E-state index contributed by atoms with van der Waals surface area (Å²) in [7, 11) is -4.15. The first-order valence-corrected chi connectivity index (χ1v) is 7.65. The van der Waals surface area contributed by atoms with Crippen LogP contribution >= 0.6 is 0 Å². The average Bonchev–Trinajstić information content (AvgIpc) is 2.77. The quantitative estimate of drug-likeness (QED) is 0.721. The lowest BCUT2D eigenvalue weighted by Gasteiger charge is -2.03. The highest BCUT2D eigenvalue weighted by Crippen LogP contribution is 2.29. The summed E-state index contributed by atoms with van der Waals surface area (Å²) in [5.74, 6) is 0. The Bertz CT molecular complexity index is 999. The molecule has 7 heteroatoms. The smallest absolute Gasteiger partial charge is 0.320 e. The van der Waals surface area contributed by atoms with E-state index in [-0.39, 0.29) is 5.09 Å². The van der Waals surface area contributed by atoms with E-state index in [1.807, 2.05) is 19.1 Å². The number of benzene rings is 1. The molecule has 3 rings (SSSR count). The maximum Gasteiger partial charge on any atom is 0.320 e. The molecule has 108 valence electrons. The van der Waals surface area contributed by atoms with Crippen LogP contribution in [0.25, 0.3) is 11.0 Å². The minimum Gasteiger partial charge on any atom is -0.442 e. The van der Waals surface area contributed by atoms with E-state index < -0.39 is 15.6 Å². The molecule has 0 fully saturated rings. The number of aryl methyl sites for hydroxylation is 2. The third-order valence-electron chi connectivity index (χ3n) is 3.19. The van der Waals surface area contributed by atoms with Crippen molar-refractivity contribution in [1.29, 1.82) is 0 Å². The van der Waals surface area contributed by atoms with Crippen molar-refractivity contribution >= 4 is 21.0 Å². The average molecular weight is 304 g/mol. The van der Waals surface area contributed by atoms with Crippen LogP contribution in [0.1, 0.15) is 11.1 Å². The fourth-order valence-electron chi connectivity index (χ4n) is 2.16. The van der Waals surface area contributed by atoms with E-state index >= 15 is 0 Å². The highest BCUT2D eigenvalue weighted by molar-refractivity contribution is 7.89. The van der Waals surface area contributed by atoms with Gasteiger partial charge in [-0.3, -0.25) is 4.79 Å². The molecule has 0 atom stereocenters. The van der Waals surface area contributed by atoms with Crippen molar-refractivity contribution in [3.8, 4) is 0 Å².